The summed E-state index contributed by atoms with van der Waals surface area (Å²) in [4.78, 5) is 2.56. The second-order valence-corrected chi connectivity index (χ2v) is 7.13. The lowest BCUT2D eigenvalue weighted by Gasteiger charge is -2.30. The van der Waals surface area contributed by atoms with E-state index < -0.39 is 0 Å². The van der Waals surface area contributed by atoms with E-state index in [4.69, 9.17) is 0 Å². The largest absolute Gasteiger partial charge is 0.303 e. The Balaban J connectivity index is 4.39. The van der Waals surface area contributed by atoms with Gasteiger partial charge in [-0.15, -0.1) is 0 Å². The van der Waals surface area contributed by atoms with E-state index in [1.165, 1.54) is 0 Å². The number of hydrogen-bond acceptors (Lipinski definition) is 3. The number of nitriles is 1. The summed E-state index contributed by atoms with van der Waals surface area (Å²) < 4.78 is 0. The zero-order valence-electron chi connectivity index (χ0n) is 15.2. The second-order valence-electron chi connectivity index (χ2n) is 7.13. The highest BCUT2D eigenvalue weighted by Crippen LogP contribution is 2.17. The minimum atomic E-state index is -0.322. The van der Waals surface area contributed by atoms with Crippen LogP contribution < -0.4 is 5.32 Å². The van der Waals surface area contributed by atoms with Gasteiger partial charge in [0.15, 0.2) is 0 Å². The quantitative estimate of drug-likeness (QED) is 0.590. The summed E-state index contributed by atoms with van der Waals surface area (Å²) in [5, 5.41) is 13.0. The Hall–Kier alpha value is -0.590. The Labute approximate surface area is 133 Å². The van der Waals surface area contributed by atoms with E-state index in [2.05, 4.69) is 57.8 Å². The zero-order valence-corrected chi connectivity index (χ0v) is 15.2. The van der Waals surface area contributed by atoms with Crippen LogP contribution in [0.15, 0.2) is 0 Å². The maximum Gasteiger partial charge on any atom is 0.106 e. The molecule has 124 valence electrons. The van der Waals surface area contributed by atoms with Gasteiger partial charge < -0.3 is 4.90 Å². The van der Waals surface area contributed by atoms with Crippen molar-refractivity contribution in [3.05, 3.63) is 0 Å². The normalized spacial score (nSPS) is 14.7. The highest BCUT2D eigenvalue weighted by atomic mass is 15.1. The fourth-order valence-electron chi connectivity index (χ4n) is 2.82. The van der Waals surface area contributed by atoms with E-state index in [1.54, 1.807) is 0 Å². The van der Waals surface area contributed by atoms with Gasteiger partial charge in [0.05, 0.1) is 6.07 Å². The molecule has 0 saturated carbocycles. The average Bonchev–Trinajstić information content (AvgIpc) is 2.41. The summed E-state index contributed by atoms with van der Waals surface area (Å²) >= 11 is 0. The van der Waals surface area contributed by atoms with Gasteiger partial charge in [0, 0.05) is 13.1 Å². The molecule has 0 rings (SSSR count). The maximum atomic E-state index is 9.53. The van der Waals surface area contributed by atoms with Gasteiger partial charge in [-0.2, -0.15) is 5.26 Å². The SMILES string of the molecule is CCCNC(C#N)(CC)CCCN(CC(C)C)CC(C)C. The number of nitrogens with one attached hydrogen (secondary N) is 1. The molecule has 0 aliphatic carbocycles. The summed E-state index contributed by atoms with van der Waals surface area (Å²) in [6, 6.07) is 2.53. The first-order valence-electron chi connectivity index (χ1n) is 8.77. The first-order chi connectivity index (χ1) is 9.89. The third-order valence-electron chi connectivity index (χ3n) is 3.86. The molecule has 0 fully saturated rings. The molecule has 1 atom stereocenters. The monoisotopic (exact) mass is 295 g/mol. The Morgan fingerprint density at radius 2 is 1.67 bits per heavy atom. The molecular weight excluding hydrogens is 258 g/mol. The van der Waals surface area contributed by atoms with Crippen molar-refractivity contribution in [2.75, 3.05) is 26.2 Å². The van der Waals surface area contributed by atoms with Crippen molar-refractivity contribution >= 4 is 0 Å². The van der Waals surface area contributed by atoms with Crippen LogP contribution in [0.25, 0.3) is 0 Å². The highest BCUT2D eigenvalue weighted by Gasteiger charge is 2.26. The predicted octanol–water partition coefficient (Wildman–Crippen LogP) is 4.05. The second kappa shape index (κ2) is 11.0. The summed E-state index contributed by atoms with van der Waals surface area (Å²) in [6.45, 7) is 17.7. The van der Waals surface area contributed by atoms with Gasteiger partial charge in [0.25, 0.3) is 0 Å². The molecule has 1 N–H and O–H groups in total. The number of hydrogen-bond donors (Lipinski definition) is 1. The first kappa shape index (κ1) is 20.4. The molecule has 1 unspecified atom stereocenters. The summed E-state index contributed by atoms with van der Waals surface area (Å²) in [5.41, 5.74) is -0.322. The Bertz CT molecular complexity index is 283. The molecule has 0 aliphatic heterocycles. The molecule has 0 aromatic rings. The fraction of sp³-hybridized carbons (Fsp3) is 0.944. The lowest BCUT2D eigenvalue weighted by molar-refractivity contribution is 0.207. The van der Waals surface area contributed by atoms with E-state index in [-0.39, 0.29) is 5.54 Å². The van der Waals surface area contributed by atoms with E-state index in [0.717, 1.165) is 51.9 Å². The van der Waals surface area contributed by atoms with Gasteiger partial charge in [0.2, 0.25) is 0 Å². The molecule has 0 saturated heterocycles. The molecule has 0 aromatic carbocycles. The van der Waals surface area contributed by atoms with E-state index in [0.29, 0.717) is 11.8 Å². The van der Waals surface area contributed by atoms with Crippen LogP contribution in [0.1, 0.15) is 67.2 Å². The number of rotatable bonds is 12. The van der Waals surface area contributed by atoms with Gasteiger partial charge in [-0.25, -0.2) is 0 Å². The van der Waals surface area contributed by atoms with Crippen LogP contribution in [0.2, 0.25) is 0 Å². The predicted molar refractivity (Wildman–Crippen MR) is 92.3 cm³/mol. The van der Waals surface area contributed by atoms with Gasteiger partial charge in [0.1, 0.15) is 5.54 Å². The summed E-state index contributed by atoms with van der Waals surface area (Å²) in [5.74, 6) is 1.41. The average molecular weight is 296 g/mol. The van der Waals surface area contributed by atoms with Crippen LogP contribution in [-0.4, -0.2) is 36.6 Å². The van der Waals surface area contributed by atoms with Crippen molar-refractivity contribution in [2.24, 2.45) is 11.8 Å². The molecule has 0 radical (unpaired) electrons. The maximum absolute atomic E-state index is 9.53. The van der Waals surface area contributed by atoms with Crippen LogP contribution >= 0.6 is 0 Å². The van der Waals surface area contributed by atoms with Gasteiger partial charge in [-0.05, 0) is 50.6 Å². The molecular formula is C18H37N3. The standard InChI is InChI=1S/C18H37N3/c1-7-11-20-18(8-2,15-19)10-9-12-21(13-16(3)4)14-17(5)6/h16-17,20H,7-14H2,1-6H3. The minimum Gasteiger partial charge on any atom is -0.303 e. The molecule has 0 aliphatic rings. The first-order valence-corrected chi connectivity index (χ1v) is 8.77. The van der Waals surface area contributed by atoms with Crippen LogP contribution in [0.5, 0.6) is 0 Å². The zero-order chi connectivity index (χ0) is 16.3. The van der Waals surface area contributed by atoms with Gasteiger partial charge in [-0.3, -0.25) is 5.32 Å². The van der Waals surface area contributed by atoms with Gasteiger partial charge >= 0.3 is 0 Å². The Morgan fingerprint density at radius 1 is 1.10 bits per heavy atom. The van der Waals surface area contributed by atoms with Crippen LogP contribution in [0.3, 0.4) is 0 Å². The van der Waals surface area contributed by atoms with Crippen molar-refractivity contribution in [3.8, 4) is 6.07 Å². The van der Waals surface area contributed by atoms with Crippen LogP contribution in [0, 0.1) is 23.2 Å². The van der Waals surface area contributed by atoms with Crippen molar-refractivity contribution in [2.45, 2.75) is 72.8 Å². The summed E-state index contributed by atoms with van der Waals surface area (Å²) in [7, 11) is 0. The third kappa shape index (κ3) is 9.11. The molecule has 0 aromatic heterocycles. The third-order valence-corrected chi connectivity index (χ3v) is 3.86. The molecule has 0 heterocycles. The molecule has 3 nitrogen and oxygen atoms in total. The van der Waals surface area contributed by atoms with Crippen molar-refractivity contribution in [1.82, 2.24) is 10.2 Å². The molecule has 3 heteroatoms. The van der Waals surface area contributed by atoms with E-state index in [9.17, 15) is 5.26 Å². The fourth-order valence-corrected chi connectivity index (χ4v) is 2.82. The topological polar surface area (TPSA) is 39.1 Å². The van der Waals surface area contributed by atoms with Crippen molar-refractivity contribution < 1.29 is 0 Å². The van der Waals surface area contributed by atoms with Crippen molar-refractivity contribution in [1.29, 1.82) is 5.26 Å². The van der Waals surface area contributed by atoms with Crippen LogP contribution in [0.4, 0.5) is 0 Å². The Morgan fingerprint density at radius 3 is 2.05 bits per heavy atom. The van der Waals surface area contributed by atoms with E-state index in [1.807, 2.05) is 0 Å². The molecule has 0 bridgehead atoms. The van der Waals surface area contributed by atoms with Crippen molar-refractivity contribution in [3.63, 3.8) is 0 Å². The van der Waals surface area contributed by atoms with E-state index >= 15 is 0 Å². The van der Waals surface area contributed by atoms with Crippen LogP contribution in [-0.2, 0) is 0 Å². The lowest BCUT2D eigenvalue weighted by atomic mass is 9.91. The summed E-state index contributed by atoms with van der Waals surface area (Å²) in [6.07, 6.45) is 4.01. The number of nitrogens with zero attached hydrogens (tertiary/aromatic N) is 2. The van der Waals surface area contributed by atoms with Gasteiger partial charge in [-0.1, -0.05) is 41.5 Å². The molecule has 21 heavy (non-hydrogen) atoms. The lowest BCUT2D eigenvalue weighted by Crippen LogP contribution is -2.44. The minimum absolute atomic E-state index is 0.322. The Kier molecular flexibility index (Phi) is 10.7. The smallest absolute Gasteiger partial charge is 0.106 e. The highest BCUT2D eigenvalue weighted by molar-refractivity contribution is 5.06. The molecule has 0 amide bonds. The molecule has 0 spiro atoms.